The van der Waals surface area contributed by atoms with Crippen molar-refractivity contribution in [1.82, 2.24) is 9.78 Å². The molecule has 1 aromatic heterocycles. The molecular formula is C23H18FN3O3. The molecule has 0 bridgehead atoms. The van der Waals surface area contributed by atoms with Crippen LogP contribution in [-0.2, 0) is 17.9 Å². The molecule has 0 saturated heterocycles. The number of hydrogen-bond donors (Lipinski definition) is 1. The van der Waals surface area contributed by atoms with Crippen LogP contribution in [0.15, 0.2) is 83.8 Å². The highest BCUT2D eigenvalue weighted by Gasteiger charge is 2.09. The summed E-state index contributed by atoms with van der Waals surface area (Å²) in [7, 11) is 0. The molecule has 30 heavy (non-hydrogen) atoms. The molecule has 4 rings (SSSR count). The quantitative estimate of drug-likeness (QED) is 0.532. The van der Waals surface area contributed by atoms with Crippen LogP contribution in [0, 0.1) is 5.82 Å². The average Bonchev–Trinajstić information content (AvgIpc) is 2.76. The number of ether oxygens (including phenoxy) is 1. The van der Waals surface area contributed by atoms with Crippen LogP contribution in [0.2, 0.25) is 0 Å². The zero-order valence-corrected chi connectivity index (χ0v) is 15.9. The topological polar surface area (TPSA) is 73.2 Å². The maximum absolute atomic E-state index is 13.0. The molecule has 0 atom stereocenters. The zero-order valence-electron chi connectivity index (χ0n) is 15.9. The third-order valence-electron chi connectivity index (χ3n) is 4.49. The Kier molecular flexibility index (Phi) is 5.52. The first-order valence-electron chi connectivity index (χ1n) is 9.30. The van der Waals surface area contributed by atoms with Crippen molar-refractivity contribution in [3.05, 3.63) is 101 Å². The third kappa shape index (κ3) is 4.52. The van der Waals surface area contributed by atoms with Crippen molar-refractivity contribution >= 4 is 22.4 Å². The molecule has 0 unspecified atom stereocenters. The molecule has 4 aromatic rings. The fourth-order valence-corrected chi connectivity index (χ4v) is 2.99. The van der Waals surface area contributed by atoms with Crippen molar-refractivity contribution in [2.24, 2.45) is 0 Å². The van der Waals surface area contributed by atoms with E-state index in [2.05, 4.69) is 10.4 Å². The van der Waals surface area contributed by atoms with Crippen molar-refractivity contribution in [2.45, 2.75) is 13.2 Å². The number of carbonyl (C=O) groups is 1. The van der Waals surface area contributed by atoms with Crippen LogP contribution in [0.25, 0.3) is 10.8 Å². The van der Waals surface area contributed by atoms with Crippen LogP contribution < -0.4 is 15.6 Å². The molecular weight excluding hydrogens is 385 g/mol. The van der Waals surface area contributed by atoms with E-state index in [1.165, 1.54) is 12.1 Å². The molecule has 0 saturated carbocycles. The molecule has 0 aliphatic carbocycles. The van der Waals surface area contributed by atoms with E-state index in [1.807, 2.05) is 6.07 Å². The van der Waals surface area contributed by atoms with E-state index in [1.54, 1.807) is 60.8 Å². The second kappa shape index (κ2) is 8.57. The highest BCUT2D eigenvalue weighted by Crippen LogP contribution is 2.19. The van der Waals surface area contributed by atoms with Crippen LogP contribution >= 0.6 is 0 Å². The van der Waals surface area contributed by atoms with Crippen molar-refractivity contribution in [2.75, 3.05) is 5.32 Å². The number of fused-ring (bicyclic) bond motifs is 1. The molecule has 150 valence electrons. The number of benzene rings is 3. The molecule has 1 N–H and O–H groups in total. The number of nitrogens with one attached hydrogen (secondary N) is 1. The van der Waals surface area contributed by atoms with Gasteiger partial charge in [0.15, 0.2) is 0 Å². The molecule has 0 aliphatic rings. The van der Waals surface area contributed by atoms with Gasteiger partial charge in [-0.1, -0.05) is 36.4 Å². The van der Waals surface area contributed by atoms with E-state index in [0.717, 1.165) is 15.6 Å². The predicted molar refractivity (Wildman–Crippen MR) is 112 cm³/mol. The molecule has 0 aliphatic heterocycles. The second-order valence-electron chi connectivity index (χ2n) is 6.69. The summed E-state index contributed by atoms with van der Waals surface area (Å²) in [6, 6.07) is 20.0. The van der Waals surface area contributed by atoms with Gasteiger partial charge in [-0.3, -0.25) is 9.59 Å². The van der Waals surface area contributed by atoms with Crippen molar-refractivity contribution in [3.8, 4) is 5.75 Å². The van der Waals surface area contributed by atoms with Gasteiger partial charge in [-0.25, -0.2) is 9.07 Å². The van der Waals surface area contributed by atoms with Gasteiger partial charge in [-0.2, -0.15) is 5.10 Å². The number of anilines is 1. The first-order valence-corrected chi connectivity index (χ1v) is 9.30. The van der Waals surface area contributed by atoms with Crippen LogP contribution in [0.5, 0.6) is 5.75 Å². The molecule has 0 fully saturated rings. The molecule has 1 amide bonds. The normalized spacial score (nSPS) is 10.7. The number of halogens is 1. The lowest BCUT2D eigenvalue weighted by molar-refractivity contribution is -0.117. The maximum atomic E-state index is 13.0. The van der Waals surface area contributed by atoms with Gasteiger partial charge in [-0.15, -0.1) is 0 Å². The van der Waals surface area contributed by atoms with Gasteiger partial charge in [0.05, 0.1) is 11.6 Å². The van der Waals surface area contributed by atoms with E-state index >= 15 is 0 Å². The largest absolute Gasteiger partial charge is 0.489 e. The lowest BCUT2D eigenvalue weighted by atomic mass is 10.2. The Hall–Kier alpha value is -4.00. The minimum absolute atomic E-state index is 0.204. The summed E-state index contributed by atoms with van der Waals surface area (Å²) < 4.78 is 19.8. The summed E-state index contributed by atoms with van der Waals surface area (Å²) in [4.78, 5) is 24.9. The Labute approximate surface area is 171 Å². The molecule has 0 spiro atoms. The monoisotopic (exact) mass is 403 g/mol. The first-order chi connectivity index (χ1) is 14.6. The minimum Gasteiger partial charge on any atom is -0.489 e. The minimum atomic E-state index is -0.379. The standard InChI is InChI=1S/C23H18FN3O3/c24-18-10-8-16(9-11-18)15-30-20-6-3-5-19(12-20)26-22(28)14-27-23(29)21-7-2-1-4-17(21)13-25-27/h1-13H,14-15H2,(H,26,28). The van der Waals surface area contributed by atoms with Crippen LogP contribution in [0.3, 0.4) is 0 Å². The molecule has 6 nitrogen and oxygen atoms in total. The molecule has 7 heteroatoms. The third-order valence-corrected chi connectivity index (χ3v) is 4.49. The first kappa shape index (κ1) is 19.3. The Morgan fingerprint density at radius 2 is 1.83 bits per heavy atom. The second-order valence-corrected chi connectivity index (χ2v) is 6.69. The van der Waals surface area contributed by atoms with Gasteiger partial charge in [0.1, 0.15) is 24.7 Å². The van der Waals surface area contributed by atoms with Crippen molar-refractivity contribution in [1.29, 1.82) is 0 Å². The van der Waals surface area contributed by atoms with Crippen molar-refractivity contribution < 1.29 is 13.9 Å². The maximum Gasteiger partial charge on any atom is 0.275 e. The number of aromatic nitrogens is 2. The van der Waals surface area contributed by atoms with E-state index in [4.69, 9.17) is 4.74 Å². The number of hydrogen-bond acceptors (Lipinski definition) is 4. The number of rotatable bonds is 6. The number of carbonyl (C=O) groups excluding carboxylic acids is 1. The zero-order chi connectivity index (χ0) is 20.9. The predicted octanol–water partition coefficient (Wildman–Crippen LogP) is 3.75. The Bertz CT molecular complexity index is 1250. The van der Waals surface area contributed by atoms with Gasteiger partial charge in [-0.05, 0) is 35.9 Å². The van der Waals surface area contributed by atoms with Crippen LogP contribution in [0.4, 0.5) is 10.1 Å². The Morgan fingerprint density at radius 3 is 2.67 bits per heavy atom. The molecule has 1 heterocycles. The van der Waals surface area contributed by atoms with Gasteiger partial charge in [0, 0.05) is 17.1 Å². The summed E-state index contributed by atoms with van der Waals surface area (Å²) >= 11 is 0. The van der Waals surface area contributed by atoms with Gasteiger partial charge in [0.2, 0.25) is 5.91 Å². The summed E-state index contributed by atoms with van der Waals surface area (Å²) in [5.41, 5.74) is 1.04. The summed E-state index contributed by atoms with van der Waals surface area (Å²) in [5.74, 6) is -0.128. The van der Waals surface area contributed by atoms with Crippen LogP contribution in [-0.4, -0.2) is 15.7 Å². The fourth-order valence-electron chi connectivity index (χ4n) is 2.99. The lowest BCUT2D eigenvalue weighted by Gasteiger charge is -2.10. The van der Waals surface area contributed by atoms with E-state index in [0.29, 0.717) is 16.8 Å². The Balaban J connectivity index is 1.41. The highest BCUT2D eigenvalue weighted by atomic mass is 19.1. The van der Waals surface area contributed by atoms with Gasteiger partial charge >= 0.3 is 0 Å². The fraction of sp³-hybridized carbons (Fsp3) is 0.0870. The SMILES string of the molecule is O=C(Cn1ncc2ccccc2c1=O)Nc1cccc(OCc2ccc(F)cc2)c1. The molecule has 0 radical (unpaired) electrons. The van der Waals surface area contributed by atoms with E-state index in [9.17, 15) is 14.0 Å². The van der Waals surface area contributed by atoms with E-state index < -0.39 is 0 Å². The van der Waals surface area contributed by atoms with Crippen molar-refractivity contribution in [3.63, 3.8) is 0 Å². The highest BCUT2D eigenvalue weighted by molar-refractivity contribution is 5.91. The van der Waals surface area contributed by atoms with E-state index in [-0.39, 0.29) is 30.4 Å². The lowest BCUT2D eigenvalue weighted by Crippen LogP contribution is -2.29. The molecule has 3 aromatic carbocycles. The summed E-state index contributed by atoms with van der Waals surface area (Å²) in [6.45, 7) is 0.0679. The Morgan fingerprint density at radius 1 is 1.03 bits per heavy atom. The average molecular weight is 403 g/mol. The summed E-state index contributed by atoms with van der Waals surface area (Å²) in [5, 5.41) is 8.05. The summed E-state index contributed by atoms with van der Waals surface area (Å²) in [6.07, 6.45) is 1.56. The number of amides is 1. The van der Waals surface area contributed by atoms with Gasteiger partial charge < -0.3 is 10.1 Å². The van der Waals surface area contributed by atoms with Gasteiger partial charge in [0.25, 0.3) is 5.56 Å². The number of nitrogens with zero attached hydrogens (tertiary/aromatic N) is 2. The smallest absolute Gasteiger partial charge is 0.275 e. The van der Waals surface area contributed by atoms with Crippen LogP contribution in [0.1, 0.15) is 5.56 Å².